The maximum Gasteiger partial charge on any atom is 0.338 e. The number of aromatic nitrogens is 1. The first-order valence-electron chi connectivity index (χ1n) is 3.08. The summed E-state index contributed by atoms with van der Waals surface area (Å²) >= 11 is 7.08. The van der Waals surface area contributed by atoms with Crippen LogP contribution in [0.5, 0.6) is 0 Å². The summed E-state index contributed by atoms with van der Waals surface area (Å²) in [5.41, 5.74) is 0.0365. The molecule has 0 aromatic carbocycles. The SMILES string of the molecule is CSc1cc(Cl)c(C(=O)O)cn1. The number of halogens is 1. The Kier molecular flexibility index (Phi) is 2.94. The number of rotatable bonds is 2. The van der Waals surface area contributed by atoms with Crippen molar-refractivity contribution in [2.45, 2.75) is 5.03 Å². The average Bonchev–Trinajstić information content (AvgIpc) is 2.03. The maximum absolute atomic E-state index is 10.5. The van der Waals surface area contributed by atoms with E-state index in [-0.39, 0.29) is 10.6 Å². The number of nitrogens with zero attached hydrogens (tertiary/aromatic N) is 1. The van der Waals surface area contributed by atoms with Crippen LogP contribution in [0.3, 0.4) is 0 Å². The van der Waals surface area contributed by atoms with Crippen molar-refractivity contribution in [2.75, 3.05) is 6.26 Å². The molecule has 0 saturated carbocycles. The number of carboxylic acid groups (broad SMARTS) is 1. The van der Waals surface area contributed by atoms with Gasteiger partial charge in [0.2, 0.25) is 0 Å². The second-order valence-corrected chi connectivity index (χ2v) is 3.25. The molecule has 1 heterocycles. The van der Waals surface area contributed by atoms with E-state index >= 15 is 0 Å². The predicted octanol–water partition coefficient (Wildman–Crippen LogP) is 2.16. The number of thioether (sulfide) groups is 1. The van der Waals surface area contributed by atoms with Gasteiger partial charge in [0.15, 0.2) is 0 Å². The van der Waals surface area contributed by atoms with Crippen LogP contribution < -0.4 is 0 Å². The minimum atomic E-state index is -1.06. The zero-order valence-corrected chi connectivity index (χ0v) is 7.82. The Hall–Kier alpha value is -0.740. The molecule has 1 N–H and O–H groups in total. The molecule has 0 unspecified atom stereocenters. The molecule has 0 aliphatic heterocycles. The molecule has 12 heavy (non-hydrogen) atoms. The first-order valence-corrected chi connectivity index (χ1v) is 4.68. The lowest BCUT2D eigenvalue weighted by atomic mass is 10.3. The summed E-state index contributed by atoms with van der Waals surface area (Å²) in [4.78, 5) is 14.4. The summed E-state index contributed by atoms with van der Waals surface area (Å²) in [6.45, 7) is 0. The van der Waals surface area contributed by atoms with Crippen LogP contribution in [0, 0.1) is 0 Å². The topological polar surface area (TPSA) is 50.2 Å². The van der Waals surface area contributed by atoms with E-state index in [1.54, 1.807) is 0 Å². The van der Waals surface area contributed by atoms with Crippen molar-refractivity contribution in [2.24, 2.45) is 0 Å². The van der Waals surface area contributed by atoms with Crippen LogP contribution in [-0.4, -0.2) is 22.3 Å². The summed E-state index contributed by atoms with van der Waals surface area (Å²) in [6.07, 6.45) is 3.11. The van der Waals surface area contributed by atoms with Crippen LogP contribution in [0.15, 0.2) is 17.3 Å². The highest BCUT2D eigenvalue weighted by Crippen LogP contribution is 2.20. The second-order valence-electron chi connectivity index (χ2n) is 2.01. The minimum Gasteiger partial charge on any atom is -0.478 e. The van der Waals surface area contributed by atoms with Crippen molar-refractivity contribution in [3.63, 3.8) is 0 Å². The van der Waals surface area contributed by atoms with Crippen molar-refractivity contribution in [3.05, 3.63) is 22.8 Å². The third-order valence-corrected chi connectivity index (χ3v) is 2.22. The van der Waals surface area contributed by atoms with E-state index in [1.807, 2.05) is 6.26 Å². The van der Waals surface area contributed by atoms with E-state index in [2.05, 4.69) is 4.98 Å². The average molecular weight is 204 g/mol. The van der Waals surface area contributed by atoms with Gasteiger partial charge in [-0.05, 0) is 12.3 Å². The summed E-state index contributed by atoms with van der Waals surface area (Å²) in [5.74, 6) is -1.06. The zero-order chi connectivity index (χ0) is 9.14. The van der Waals surface area contributed by atoms with E-state index in [1.165, 1.54) is 24.0 Å². The summed E-state index contributed by atoms with van der Waals surface area (Å²) in [5, 5.41) is 9.53. The summed E-state index contributed by atoms with van der Waals surface area (Å²) < 4.78 is 0. The van der Waals surface area contributed by atoms with Gasteiger partial charge < -0.3 is 5.11 Å². The van der Waals surface area contributed by atoms with Crippen LogP contribution in [0.4, 0.5) is 0 Å². The third-order valence-electron chi connectivity index (χ3n) is 1.27. The lowest BCUT2D eigenvalue weighted by Crippen LogP contribution is -1.98. The fourth-order valence-corrected chi connectivity index (χ4v) is 1.37. The van der Waals surface area contributed by atoms with E-state index in [9.17, 15) is 4.79 Å². The van der Waals surface area contributed by atoms with Gasteiger partial charge in [0.1, 0.15) is 0 Å². The van der Waals surface area contributed by atoms with Gasteiger partial charge in [-0.15, -0.1) is 11.8 Å². The maximum atomic E-state index is 10.5. The van der Waals surface area contributed by atoms with Gasteiger partial charge in [-0.2, -0.15) is 0 Å². The number of hydrogen-bond donors (Lipinski definition) is 1. The van der Waals surface area contributed by atoms with Crippen LogP contribution in [-0.2, 0) is 0 Å². The molecule has 0 aliphatic rings. The van der Waals surface area contributed by atoms with Gasteiger partial charge in [-0.1, -0.05) is 11.6 Å². The zero-order valence-electron chi connectivity index (χ0n) is 6.24. The van der Waals surface area contributed by atoms with E-state index in [0.29, 0.717) is 5.03 Å². The van der Waals surface area contributed by atoms with Crippen molar-refractivity contribution in [3.8, 4) is 0 Å². The monoisotopic (exact) mass is 203 g/mol. The normalized spacial score (nSPS) is 9.83. The Bertz CT molecular complexity index is 316. The Morgan fingerprint density at radius 2 is 2.42 bits per heavy atom. The van der Waals surface area contributed by atoms with Gasteiger partial charge >= 0.3 is 5.97 Å². The summed E-state index contributed by atoms with van der Waals surface area (Å²) in [7, 11) is 0. The van der Waals surface area contributed by atoms with E-state index in [0.717, 1.165) is 0 Å². The van der Waals surface area contributed by atoms with Crippen LogP contribution in [0.1, 0.15) is 10.4 Å². The standard InChI is InChI=1S/C7H6ClNO2S/c1-12-6-2-5(8)4(3-9-6)7(10)11/h2-3H,1H3,(H,10,11). The van der Waals surface area contributed by atoms with Gasteiger partial charge in [0, 0.05) is 6.20 Å². The summed E-state index contributed by atoms with van der Waals surface area (Å²) in [6, 6.07) is 1.54. The van der Waals surface area contributed by atoms with Crippen molar-refractivity contribution < 1.29 is 9.90 Å². The quantitative estimate of drug-likeness (QED) is 0.749. The Labute approximate surface area is 78.8 Å². The Morgan fingerprint density at radius 3 is 2.83 bits per heavy atom. The number of carbonyl (C=O) groups is 1. The van der Waals surface area contributed by atoms with Crippen molar-refractivity contribution >= 4 is 29.3 Å². The highest BCUT2D eigenvalue weighted by atomic mass is 35.5. The molecule has 0 amide bonds. The first-order chi connectivity index (χ1) is 5.65. The number of pyridine rings is 1. The van der Waals surface area contributed by atoms with Crippen LogP contribution in [0.25, 0.3) is 0 Å². The third kappa shape index (κ3) is 1.89. The largest absolute Gasteiger partial charge is 0.478 e. The fourth-order valence-electron chi connectivity index (χ4n) is 0.682. The minimum absolute atomic E-state index is 0.0365. The number of hydrogen-bond acceptors (Lipinski definition) is 3. The Morgan fingerprint density at radius 1 is 1.75 bits per heavy atom. The van der Waals surface area contributed by atoms with E-state index < -0.39 is 5.97 Å². The van der Waals surface area contributed by atoms with Gasteiger partial charge in [-0.3, -0.25) is 0 Å². The molecule has 0 spiro atoms. The van der Waals surface area contributed by atoms with Crippen LogP contribution in [0.2, 0.25) is 5.02 Å². The fraction of sp³-hybridized carbons (Fsp3) is 0.143. The second kappa shape index (κ2) is 3.78. The molecule has 1 rings (SSSR count). The molecular formula is C7H6ClNO2S. The highest BCUT2D eigenvalue weighted by molar-refractivity contribution is 7.98. The molecule has 0 aliphatic carbocycles. The molecule has 0 radical (unpaired) electrons. The number of carboxylic acids is 1. The lowest BCUT2D eigenvalue weighted by molar-refractivity contribution is 0.0696. The van der Waals surface area contributed by atoms with Crippen molar-refractivity contribution in [1.29, 1.82) is 0 Å². The molecule has 0 bridgehead atoms. The van der Waals surface area contributed by atoms with Crippen molar-refractivity contribution in [1.82, 2.24) is 4.98 Å². The smallest absolute Gasteiger partial charge is 0.338 e. The molecule has 1 aromatic rings. The molecule has 64 valence electrons. The molecule has 1 aromatic heterocycles. The van der Waals surface area contributed by atoms with Gasteiger partial charge in [0.25, 0.3) is 0 Å². The first kappa shape index (κ1) is 9.35. The molecule has 0 saturated heterocycles. The molecular weight excluding hydrogens is 198 g/mol. The molecule has 0 fully saturated rings. The lowest BCUT2D eigenvalue weighted by Gasteiger charge is -1.99. The molecule has 5 heteroatoms. The molecule has 3 nitrogen and oxygen atoms in total. The Balaban J connectivity index is 3.12. The number of aromatic carboxylic acids is 1. The predicted molar refractivity (Wildman–Crippen MR) is 48.0 cm³/mol. The van der Waals surface area contributed by atoms with Gasteiger partial charge in [0.05, 0.1) is 15.6 Å². The molecule has 0 atom stereocenters. The highest BCUT2D eigenvalue weighted by Gasteiger charge is 2.08. The van der Waals surface area contributed by atoms with E-state index in [4.69, 9.17) is 16.7 Å². The van der Waals surface area contributed by atoms with Gasteiger partial charge in [-0.25, -0.2) is 9.78 Å². The van der Waals surface area contributed by atoms with Crippen LogP contribution >= 0.6 is 23.4 Å².